The van der Waals surface area contributed by atoms with Crippen LogP contribution in [0.2, 0.25) is 0 Å². The van der Waals surface area contributed by atoms with E-state index in [2.05, 4.69) is 24.1 Å². The van der Waals surface area contributed by atoms with Crippen molar-refractivity contribution in [3.8, 4) is 0 Å². The van der Waals surface area contributed by atoms with Gasteiger partial charge in [-0.25, -0.2) is 0 Å². The van der Waals surface area contributed by atoms with Gasteiger partial charge in [0.25, 0.3) is 5.91 Å². The lowest BCUT2D eigenvalue weighted by atomic mass is 9.98. The molecule has 9 nitrogen and oxygen atoms in total. The maximum atomic E-state index is 12.5. The van der Waals surface area contributed by atoms with E-state index < -0.39 is 16.7 Å². The molecule has 2 heterocycles. The molecule has 1 aromatic heterocycles. The summed E-state index contributed by atoms with van der Waals surface area (Å²) in [4.78, 5) is 38.4. The van der Waals surface area contributed by atoms with Crippen molar-refractivity contribution >= 4 is 29.1 Å². The summed E-state index contributed by atoms with van der Waals surface area (Å²) in [6, 6.07) is 8.33. The van der Waals surface area contributed by atoms with E-state index in [9.17, 15) is 19.7 Å². The third kappa shape index (κ3) is 4.23. The number of rotatable bonds is 7. The van der Waals surface area contributed by atoms with E-state index in [4.69, 9.17) is 4.42 Å². The van der Waals surface area contributed by atoms with Crippen molar-refractivity contribution in [2.24, 2.45) is 5.92 Å². The molecule has 1 saturated heterocycles. The lowest BCUT2D eigenvalue weighted by Gasteiger charge is -2.37. The number of carbonyl (C=O) groups excluding carboxylic acids is 2. The van der Waals surface area contributed by atoms with Crippen LogP contribution in [-0.2, 0) is 4.79 Å². The molecule has 1 aliphatic rings. The van der Waals surface area contributed by atoms with Gasteiger partial charge in [-0.2, -0.15) is 0 Å². The van der Waals surface area contributed by atoms with Gasteiger partial charge in [0.1, 0.15) is 4.92 Å². The third-order valence-electron chi connectivity index (χ3n) is 5.12. The van der Waals surface area contributed by atoms with Gasteiger partial charge in [-0.05, 0) is 50.6 Å². The van der Waals surface area contributed by atoms with Crippen molar-refractivity contribution in [2.45, 2.75) is 20.8 Å². The number of hydrogen-bond donors (Lipinski definition) is 1. The van der Waals surface area contributed by atoms with E-state index in [-0.39, 0.29) is 30.7 Å². The Labute approximate surface area is 168 Å². The first kappa shape index (κ1) is 20.4. The maximum Gasteiger partial charge on any atom is 0.433 e. The van der Waals surface area contributed by atoms with Crippen LogP contribution in [0.25, 0.3) is 0 Å². The molecular formula is C20H24N4O5. The van der Waals surface area contributed by atoms with E-state index in [0.717, 1.165) is 36.1 Å². The zero-order valence-electron chi connectivity index (χ0n) is 16.7. The Balaban J connectivity index is 1.56. The number of nitrogens with one attached hydrogen (secondary N) is 1. The highest BCUT2D eigenvalue weighted by Gasteiger charge is 2.37. The van der Waals surface area contributed by atoms with Crippen LogP contribution in [-0.4, -0.2) is 47.8 Å². The van der Waals surface area contributed by atoms with Crippen molar-refractivity contribution in [2.75, 3.05) is 36.4 Å². The minimum Gasteiger partial charge on any atom is -0.395 e. The number of nitro groups is 1. The standard InChI is InChI=1S/C20H24N4O5/c1-4-22(5-2)15-6-7-16(13(3)10-15)21-19(25)14-11-23(12-14)20(26)17-8-9-18(29-17)24(27)28/h6-10,14H,4-5,11-12H2,1-3H3,(H,21,25). The molecule has 1 aromatic carbocycles. The van der Waals surface area contributed by atoms with Gasteiger partial charge in [-0.1, -0.05) is 0 Å². The highest BCUT2D eigenvalue weighted by Crippen LogP contribution is 2.26. The van der Waals surface area contributed by atoms with Gasteiger partial charge in [0, 0.05) is 37.6 Å². The second kappa shape index (κ2) is 8.34. The molecule has 0 bridgehead atoms. The predicted octanol–water partition coefficient (Wildman–Crippen LogP) is 3.05. The lowest BCUT2D eigenvalue weighted by Crippen LogP contribution is -2.54. The first-order valence-corrected chi connectivity index (χ1v) is 9.54. The maximum absolute atomic E-state index is 12.5. The molecule has 9 heteroatoms. The Morgan fingerprint density at radius 3 is 2.48 bits per heavy atom. The Morgan fingerprint density at radius 2 is 1.93 bits per heavy atom. The molecule has 0 atom stereocenters. The smallest absolute Gasteiger partial charge is 0.395 e. The molecule has 2 aromatic rings. The zero-order chi connectivity index (χ0) is 21.1. The number of anilines is 2. The summed E-state index contributed by atoms with van der Waals surface area (Å²) in [5, 5.41) is 13.6. The van der Waals surface area contributed by atoms with Crippen LogP contribution in [0.3, 0.4) is 0 Å². The summed E-state index contributed by atoms with van der Waals surface area (Å²) in [7, 11) is 0. The number of amides is 2. The minimum absolute atomic E-state index is 0.0987. The summed E-state index contributed by atoms with van der Waals surface area (Å²) >= 11 is 0. The quantitative estimate of drug-likeness (QED) is 0.565. The Kier molecular flexibility index (Phi) is 5.86. The topological polar surface area (TPSA) is 109 Å². The average Bonchev–Trinajstić information content (AvgIpc) is 3.14. The third-order valence-corrected chi connectivity index (χ3v) is 5.12. The van der Waals surface area contributed by atoms with Crippen LogP contribution in [0, 0.1) is 23.0 Å². The number of aryl methyl sites for hydroxylation is 1. The molecule has 154 valence electrons. The number of benzene rings is 1. The molecule has 0 aliphatic carbocycles. The fourth-order valence-electron chi connectivity index (χ4n) is 3.32. The second-order valence-corrected chi connectivity index (χ2v) is 6.96. The summed E-state index contributed by atoms with van der Waals surface area (Å²) in [6.45, 7) is 8.45. The Hall–Kier alpha value is -3.36. The number of nitrogens with zero attached hydrogens (tertiary/aromatic N) is 3. The van der Waals surface area contributed by atoms with E-state index in [1.165, 1.54) is 11.0 Å². The van der Waals surface area contributed by atoms with Crippen LogP contribution in [0.15, 0.2) is 34.7 Å². The molecule has 1 N–H and O–H groups in total. The fraction of sp³-hybridized carbons (Fsp3) is 0.400. The van der Waals surface area contributed by atoms with Crippen molar-refractivity contribution in [3.63, 3.8) is 0 Å². The van der Waals surface area contributed by atoms with E-state index in [1.54, 1.807) is 0 Å². The number of hydrogen-bond acceptors (Lipinski definition) is 6. The molecule has 3 rings (SSSR count). The Bertz CT molecular complexity index is 929. The normalized spacial score (nSPS) is 13.7. The van der Waals surface area contributed by atoms with Crippen LogP contribution in [0.5, 0.6) is 0 Å². The lowest BCUT2D eigenvalue weighted by molar-refractivity contribution is -0.402. The molecule has 29 heavy (non-hydrogen) atoms. The monoisotopic (exact) mass is 400 g/mol. The summed E-state index contributed by atoms with van der Waals surface area (Å²) in [6.07, 6.45) is 0. The Morgan fingerprint density at radius 1 is 1.24 bits per heavy atom. The first-order chi connectivity index (χ1) is 13.8. The molecule has 1 aliphatic heterocycles. The summed E-state index contributed by atoms with van der Waals surface area (Å²) in [5.74, 6) is -1.52. The molecule has 1 fully saturated rings. The van der Waals surface area contributed by atoms with Crippen molar-refractivity contribution in [1.29, 1.82) is 0 Å². The van der Waals surface area contributed by atoms with Gasteiger partial charge in [0.15, 0.2) is 5.76 Å². The molecule has 0 spiro atoms. The van der Waals surface area contributed by atoms with Crippen LogP contribution < -0.4 is 10.2 Å². The fourth-order valence-corrected chi connectivity index (χ4v) is 3.32. The van der Waals surface area contributed by atoms with E-state index in [0.29, 0.717) is 0 Å². The largest absolute Gasteiger partial charge is 0.433 e. The highest BCUT2D eigenvalue weighted by atomic mass is 16.6. The van der Waals surface area contributed by atoms with Crippen LogP contribution >= 0.6 is 0 Å². The van der Waals surface area contributed by atoms with Gasteiger partial charge in [-0.3, -0.25) is 19.7 Å². The first-order valence-electron chi connectivity index (χ1n) is 9.54. The van der Waals surface area contributed by atoms with Gasteiger partial charge in [0.2, 0.25) is 5.91 Å². The minimum atomic E-state index is -0.697. The number of likely N-dealkylation sites (tertiary alicyclic amines) is 1. The van der Waals surface area contributed by atoms with Crippen molar-refractivity contribution < 1.29 is 18.9 Å². The molecular weight excluding hydrogens is 376 g/mol. The van der Waals surface area contributed by atoms with Gasteiger partial charge in [-0.15, -0.1) is 0 Å². The highest BCUT2D eigenvalue weighted by molar-refractivity contribution is 5.97. The second-order valence-electron chi connectivity index (χ2n) is 6.96. The molecule has 0 unspecified atom stereocenters. The summed E-state index contributed by atoms with van der Waals surface area (Å²) < 4.78 is 4.92. The zero-order valence-corrected chi connectivity index (χ0v) is 16.7. The molecule has 0 radical (unpaired) electrons. The van der Waals surface area contributed by atoms with Crippen LogP contribution in [0.1, 0.15) is 30.0 Å². The molecule has 2 amide bonds. The summed E-state index contributed by atoms with van der Waals surface area (Å²) in [5.41, 5.74) is 2.83. The van der Waals surface area contributed by atoms with E-state index in [1.807, 2.05) is 25.1 Å². The van der Waals surface area contributed by atoms with Gasteiger partial charge in [0.05, 0.1) is 12.0 Å². The average molecular weight is 400 g/mol. The van der Waals surface area contributed by atoms with Gasteiger partial charge >= 0.3 is 5.88 Å². The van der Waals surface area contributed by atoms with Crippen molar-refractivity contribution in [3.05, 3.63) is 51.8 Å². The van der Waals surface area contributed by atoms with E-state index >= 15 is 0 Å². The van der Waals surface area contributed by atoms with Gasteiger partial charge < -0.3 is 19.5 Å². The molecule has 0 saturated carbocycles. The SMILES string of the molecule is CCN(CC)c1ccc(NC(=O)C2CN(C(=O)c3ccc([N+](=O)[O-])o3)C2)c(C)c1. The number of carbonyl (C=O) groups is 2. The van der Waals surface area contributed by atoms with Crippen LogP contribution in [0.4, 0.5) is 17.3 Å². The predicted molar refractivity (Wildman–Crippen MR) is 108 cm³/mol. The number of furan rings is 1. The van der Waals surface area contributed by atoms with Crippen molar-refractivity contribution in [1.82, 2.24) is 4.90 Å².